The number of fused-ring (bicyclic) bond motifs is 1. The number of phenols is 1. The number of thiophene rings is 1. The summed E-state index contributed by atoms with van der Waals surface area (Å²) in [6, 6.07) is 7.39. The number of likely N-dealkylation sites (N-methyl/N-ethyl adjacent to an activating group) is 1. The molecule has 0 fully saturated rings. The second-order valence-electron chi connectivity index (χ2n) is 6.29. The lowest BCUT2D eigenvalue weighted by molar-refractivity contribution is 0.237. The van der Waals surface area contributed by atoms with Crippen LogP contribution >= 0.6 is 11.3 Å². The first-order valence-electron chi connectivity index (χ1n) is 8.12. The Morgan fingerprint density at radius 1 is 1.42 bits per heavy atom. The number of carbonyl (C=O) groups excluding carboxylic acids is 1. The molecule has 2 aromatic rings. The number of nitrogens with zero attached hydrogens (tertiary/aromatic N) is 2. The van der Waals surface area contributed by atoms with Gasteiger partial charge in [-0.25, -0.2) is 4.79 Å². The number of nitrogens with one attached hydrogen (secondary N) is 1. The predicted molar refractivity (Wildman–Crippen MR) is 97.9 cm³/mol. The summed E-state index contributed by atoms with van der Waals surface area (Å²) in [7, 11) is 4.03. The van der Waals surface area contributed by atoms with Gasteiger partial charge >= 0.3 is 6.03 Å². The number of rotatable bonds is 4. The maximum absolute atomic E-state index is 12.7. The van der Waals surface area contributed by atoms with E-state index in [4.69, 9.17) is 0 Å². The van der Waals surface area contributed by atoms with Crippen molar-refractivity contribution in [1.82, 2.24) is 10.2 Å². The zero-order valence-electron chi connectivity index (χ0n) is 14.0. The number of hydrogen-bond donors (Lipinski definition) is 2. The summed E-state index contributed by atoms with van der Waals surface area (Å²) in [6.45, 7) is 1.22. The van der Waals surface area contributed by atoms with Crippen LogP contribution in [0.15, 0.2) is 35.0 Å². The third-order valence-electron chi connectivity index (χ3n) is 4.43. The van der Waals surface area contributed by atoms with Crippen molar-refractivity contribution in [1.29, 1.82) is 0 Å². The van der Waals surface area contributed by atoms with Crippen molar-refractivity contribution in [2.45, 2.75) is 18.9 Å². The Hall–Kier alpha value is -2.05. The molecule has 3 rings (SSSR count). The van der Waals surface area contributed by atoms with Crippen LogP contribution in [-0.4, -0.2) is 43.2 Å². The fraction of sp³-hybridized carbons (Fsp3) is 0.389. The Morgan fingerprint density at radius 3 is 2.96 bits per heavy atom. The number of phenolic OH excluding ortho intramolecular Hbond substituents is 1. The van der Waals surface area contributed by atoms with Crippen LogP contribution in [0.1, 0.15) is 23.6 Å². The van der Waals surface area contributed by atoms with Crippen LogP contribution in [0, 0.1) is 0 Å². The number of aromatic hydroxyl groups is 1. The van der Waals surface area contributed by atoms with Gasteiger partial charge in [-0.15, -0.1) is 0 Å². The maximum atomic E-state index is 12.7. The summed E-state index contributed by atoms with van der Waals surface area (Å²) in [6.07, 6.45) is 1.88. The fourth-order valence-electron chi connectivity index (χ4n) is 3.12. The normalized spacial score (nSPS) is 15.2. The Kier molecular flexibility index (Phi) is 5.06. The third-order valence-corrected chi connectivity index (χ3v) is 5.13. The molecule has 2 N–H and O–H groups in total. The molecule has 128 valence electrons. The number of amides is 2. The molecule has 6 heteroatoms. The Morgan fingerprint density at radius 2 is 2.25 bits per heavy atom. The van der Waals surface area contributed by atoms with E-state index in [2.05, 4.69) is 27.0 Å². The Balaban J connectivity index is 1.71. The van der Waals surface area contributed by atoms with Crippen LogP contribution in [0.4, 0.5) is 10.5 Å². The van der Waals surface area contributed by atoms with Gasteiger partial charge in [-0.05, 0) is 61.0 Å². The van der Waals surface area contributed by atoms with Crippen LogP contribution < -0.4 is 10.2 Å². The van der Waals surface area contributed by atoms with Crippen molar-refractivity contribution in [2.24, 2.45) is 0 Å². The van der Waals surface area contributed by atoms with E-state index in [0.29, 0.717) is 13.1 Å². The first-order valence-corrected chi connectivity index (χ1v) is 9.06. The van der Waals surface area contributed by atoms with Gasteiger partial charge in [0.05, 0.1) is 11.7 Å². The Labute approximate surface area is 146 Å². The van der Waals surface area contributed by atoms with Crippen LogP contribution in [0.2, 0.25) is 0 Å². The second-order valence-corrected chi connectivity index (χ2v) is 7.07. The lowest BCUT2D eigenvalue weighted by atomic mass is 10.0. The molecule has 1 aromatic carbocycles. The summed E-state index contributed by atoms with van der Waals surface area (Å²) >= 11 is 1.66. The second kappa shape index (κ2) is 7.23. The van der Waals surface area contributed by atoms with E-state index in [9.17, 15) is 9.90 Å². The van der Waals surface area contributed by atoms with Gasteiger partial charge in [0.2, 0.25) is 0 Å². The zero-order valence-corrected chi connectivity index (χ0v) is 14.8. The standard InChI is InChI=1S/C18H23N3O2S/c1-20(2)17(14-7-9-24-12-14)11-19-18(23)21-8-3-4-13-5-6-15(22)10-16(13)21/h5-7,9-10,12,17,22H,3-4,8,11H2,1-2H3,(H,19,23). The molecule has 0 saturated heterocycles. The van der Waals surface area contributed by atoms with Gasteiger partial charge in [-0.1, -0.05) is 6.07 Å². The van der Waals surface area contributed by atoms with E-state index in [1.165, 1.54) is 5.56 Å². The molecule has 2 amide bonds. The number of anilines is 1. The van der Waals surface area contributed by atoms with Gasteiger partial charge in [-0.2, -0.15) is 11.3 Å². The van der Waals surface area contributed by atoms with Crippen molar-refractivity contribution in [3.05, 3.63) is 46.2 Å². The summed E-state index contributed by atoms with van der Waals surface area (Å²) in [5.74, 6) is 0.192. The molecule has 5 nitrogen and oxygen atoms in total. The fourth-order valence-corrected chi connectivity index (χ4v) is 3.82. The molecular formula is C18H23N3O2S. The van der Waals surface area contributed by atoms with Crippen molar-refractivity contribution in [3.63, 3.8) is 0 Å². The lowest BCUT2D eigenvalue weighted by Crippen LogP contribution is -2.45. The number of carbonyl (C=O) groups is 1. The number of hydrogen-bond acceptors (Lipinski definition) is 4. The quantitative estimate of drug-likeness (QED) is 0.894. The first kappa shape index (κ1) is 16.8. The molecule has 0 saturated carbocycles. The minimum atomic E-state index is -0.108. The molecule has 24 heavy (non-hydrogen) atoms. The predicted octanol–water partition coefficient (Wildman–Crippen LogP) is 3.22. The van der Waals surface area contributed by atoms with E-state index in [1.807, 2.05) is 20.2 Å². The highest BCUT2D eigenvalue weighted by Gasteiger charge is 2.24. The summed E-state index contributed by atoms with van der Waals surface area (Å²) in [5.41, 5.74) is 3.13. The van der Waals surface area contributed by atoms with Crippen LogP contribution in [0.3, 0.4) is 0 Å². The molecule has 0 radical (unpaired) electrons. The smallest absolute Gasteiger partial charge is 0.321 e. The monoisotopic (exact) mass is 345 g/mol. The number of benzene rings is 1. The molecule has 0 spiro atoms. The molecule has 0 bridgehead atoms. The van der Waals surface area contributed by atoms with Crippen LogP contribution in [0.5, 0.6) is 5.75 Å². The molecule has 1 atom stereocenters. The molecule has 2 heterocycles. The third kappa shape index (κ3) is 3.55. The van der Waals surface area contributed by atoms with Gasteiger partial charge in [0, 0.05) is 19.2 Å². The molecule has 0 aliphatic carbocycles. The van der Waals surface area contributed by atoms with Gasteiger partial charge in [0.1, 0.15) is 5.75 Å². The van der Waals surface area contributed by atoms with Crippen molar-refractivity contribution in [2.75, 3.05) is 32.1 Å². The largest absolute Gasteiger partial charge is 0.508 e. The van der Waals surface area contributed by atoms with Gasteiger partial charge < -0.3 is 15.3 Å². The highest BCUT2D eigenvalue weighted by molar-refractivity contribution is 7.07. The van der Waals surface area contributed by atoms with E-state index in [-0.39, 0.29) is 17.8 Å². The minimum absolute atomic E-state index is 0.108. The van der Waals surface area contributed by atoms with Gasteiger partial charge in [0.25, 0.3) is 0 Å². The van der Waals surface area contributed by atoms with E-state index in [1.54, 1.807) is 28.4 Å². The topological polar surface area (TPSA) is 55.8 Å². The van der Waals surface area contributed by atoms with Crippen molar-refractivity contribution in [3.8, 4) is 5.75 Å². The summed E-state index contributed by atoms with van der Waals surface area (Å²) < 4.78 is 0. The van der Waals surface area contributed by atoms with Gasteiger partial charge in [0.15, 0.2) is 0 Å². The Bertz CT molecular complexity index is 700. The first-order chi connectivity index (χ1) is 11.6. The summed E-state index contributed by atoms with van der Waals surface area (Å²) in [5, 5.41) is 17.0. The molecular weight excluding hydrogens is 322 g/mol. The van der Waals surface area contributed by atoms with Crippen LogP contribution in [-0.2, 0) is 6.42 Å². The number of aryl methyl sites for hydroxylation is 1. The molecule has 1 aliphatic rings. The van der Waals surface area contributed by atoms with Crippen molar-refractivity contribution >= 4 is 23.1 Å². The van der Waals surface area contributed by atoms with Crippen molar-refractivity contribution < 1.29 is 9.90 Å². The number of urea groups is 1. The molecule has 1 unspecified atom stereocenters. The van der Waals surface area contributed by atoms with E-state index >= 15 is 0 Å². The van der Waals surface area contributed by atoms with E-state index in [0.717, 1.165) is 24.1 Å². The minimum Gasteiger partial charge on any atom is -0.508 e. The van der Waals surface area contributed by atoms with Crippen LogP contribution in [0.25, 0.3) is 0 Å². The lowest BCUT2D eigenvalue weighted by Gasteiger charge is -2.31. The van der Waals surface area contributed by atoms with E-state index < -0.39 is 0 Å². The average Bonchev–Trinajstić information content (AvgIpc) is 3.08. The zero-order chi connectivity index (χ0) is 17.1. The maximum Gasteiger partial charge on any atom is 0.321 e. The molecule has 1 aliphatic heterocycles. The highest BCUT2D eigenvalue weighted by Crippen LogP contribution is 2.30. The SMILES string of the molecule is CN(C)C(CNC(=O)N1CCCc2ccc(O)cc21)c1ccsc1. The highest BCUT2D eigenvalue weighted by atomic mass is 32.1. The van der Waals surface area contributed by atoms with Gasteiger partial charge in [-0.3, -0.25) is 4.90 Å². The average molecular weight is 345 g/mol. The summed E-state index contributed by atoms with van der Waals surface area (Å²) in [4.78, 5) is 16.5. The molecule has 1 aromatic heterocycles.